The highest BCUT2D eigenvalue weighted by Crippen LogP contribution is 2.28. The number of thioether (sulfide) groups is 1. The summed E-state index contributed by atoms with van der Waals surface area (Å²) in [5, 5.41) is 0.970. The highest BCUT2D eigenvalue weighted by molar-refractivity contribution is 9.11. The number of hydrogen-bond acceptors (Lipinski definition) is 1. The van der Waals surface area contributed by atoms with Gasteiger partial charge >= 0.3 is 0 Å². The van der Waals surface area contributed by atoms with Crippen LogP contribution in [0, 0.1) is 0 Å². The predicted molar refractivity (Wildman–Crippen MR) is 48.3 cm³/mol. The molecule has 1 aliphatic carbocycles. The van der Waals surface area contributed by atoms with Gasteiger partial charge in [-0.2, -0.15) is 0 Å². The molecule has 0 spiro atoms. The van der Waals surface area contributed by atoms with Gasteiger partial charge in [0.15, 0.2) is 0 Å². The quantitative estimate of drug-likeness (QED) is 0.628. The lowest BCUT2D eigenvalue weighted by Gasteiger charge is -2.19. The minimum atomic E-state index is 0.970. The first-order chi connectivity index (χ1) is 4.43. The third-order valence-corrected chi connectivity index (χ3v) is 3.71. The molecule has 1 rings (SSSR count). The summed E-state index contributed by atoms with van der Waals surface area (Å²) < 4.78 is 1.12. The van der Waals surface area contributed by atoms with Gasteiger partial charge in [0.2, 0.25) is 0 Å². The van der Waals surface area contributed by atoms with E-state index in [2.05, 4.69) is 27.7 Å². The van der Waals surface area contributed by atoms with Crippen molar-refractivity contribution >= 4 is 27.7 Å². The van der Waals surface area contributed by atoms with Crippen LogP contribution < -0.4 is 0 Å². The fraction of sp³-hybridized carbons (Fsp3) is 1.00. The van der Waals surface area contributed by atoms with Gasteiger partial charge in [0.05, 0.1) is 0 Å². The topological polar surface area (TPSA) is 0 Å². The molecule has 2 heteroatoms. The van der Waals surface area contributed by atoms with Crippen molar-refractivity contribution in [1.29, 1.82) is 0 Å². The molecule has 0 aliphatic heterocycles. The van der Waals surface area contributed by atoms with E-state index in [1.54, 1.807) is 0 Å². The standard InChI is InChI=1S/C7H13BrS/c8-6-9-7-4-2-1-3-5-7/h7H,1-6H2. The Bertz CT molecular complexity index is 66.6. The van der Waals surface area contributed by atoms with Crippen LogP contribution in [-0.2, 0) is 0 Å². The second-order valence-corrected chi connectivity index (χ2v) is 5.13. The molecule has 0 aromatic heterocycles. The number of hydrogen-bond donors (Lipinski definition) is 0. The predicted octanol–water partition coefficient (Wildman–Crippen LogP) is 3.40. The van der Waals surface area contributed by atoms with E-state index in [-0.39, 0.29) is 0 Å². The fourth-order valence-electron chi connectivity index (χ4n) is 1.32. The molecule has 0 aromatic rings. The van der Waals surface area contributed by atoms with Gasteiger partial charge in [-0.05, 0) is 12.8 Å². The van der Waals surface area contributed by atoms with E-state index < -0.39 is 0 Å². The molecule has 0 saturated heterocycles. The minimum Gasteiger partial charge on any atom is -0.147 e. The normalized spacial score (nSPS) is 22.3. The van der Waals surface area contributed by atoms with Crippen molar-refractivity contribution in [2.24, 2.45) is 0 Å². The zero-order valence-electron chi connectivity index (χ0n) is 5.61. The lowest BCUT2D eigenvalue weighted by molar-refractivity contribution is 0.516. The summed E-state index contributed by atoms with van der Waals surface area (Å²) in [4.78, 5) is 0. The average Bonchev–Trinajstić information content (AvgIpc) is 1.91. The zero-order chi connectivity index (χ0) is 6.53. The van der Waals surface area contributed by atoms with Gasteiger partial charge in [-0.15, -0.1) is 11.8 Å². The molecule has 0 amide bonds. The van der Waals surface area contributed by atoms with Crippen molar-refractivity contribution in [1.82, 2.24) is 0 Å². The Morgan fingerprint density at radius 1 is 1.22 bits per heavy atom. The van der Waals surface area contributed by atoms with Gasteiger partial charge in [-0.3, -0.25) is 0 Å². The van der Waals surface area contributed by atoms with Gasteiger partial charge in [0, 0.05) is 9.91 Å². The van der Waals surface area contributed by atoms with E-state index >= 15 is 0 Å². The molecule has 0 atom stereocenters. The lowest BCUT2D eigenvalue weighted by atomic mass is 10.0. The summed E-state index contributed by atoms with van der Waals surface area (Å²) >= 11 is 5.52. The largest absolute Gasteiger partial charge is 0.147 e. The third-order valence-electron chi connectivity index (χ3n) is 1.85. The molecule has 0 bridgehead atoms. The summed E-state index contributed by atoms with van der Waals surface area (Å²) in [5.41, 5.74) is 0. The smallest absolute Gasteiger partial charge is 0.0493 e. The van der Waals surface area contributed by atoms with Gasteiger partial charge < -0.3 is 0 Å². The number of halogens is 1. The Labute approximate surface area is 69.9 Å². The summed E-state index contributed by atoms with van der Waals surface area (Å²) in [6.07, 6.45) is 7.31. The SMILES string of the molecule is BrCSC1CCCCC1. The number of rotatable bonds is 2. The van der Waals surface area contributed by atoms with Crippen LogP contribution in [0.15, 0.2) is 0 Å². The summed E-state index contributed by atoms with van der Waals surface area (Å²) in [7, 11) is 0. The van der Waals surface area contributed by atoms with E-state index in [0.29, 0.717) is 0 Å². The van der Waals surface area contributed by atoms with Crippen molar-refractivity contribution in [3.8, 4) is 0 Å². The molecular formula is C7H13BrS. The zero-order valence-corrected chi connectivity index (χ0v) is 8.01. The molecule has 0 aromatic carbocycles. The molecule has 0 N–H and O–H groups in total. The first kappa shape index (κ1) is 7.93. The van der Waals surface area contributed by atoms with Crippen molar-refractivity contribution in [3.63, 3.8) is 0 Å². The first-order valence-corrected chi connectivity index (χ1v) is 5.78. The molecule has 9 heavy (non-hydrogen) atoms. The van der Waals surface area contributed by atoms with Crippen LogP contribution in [0.3, 0.4) is 0 Å². The monoisotopic (exact) mass is 208 g/mol. The second kappa shape index (κ2) is 4.62. The maximum absolute atomic E-state index is 3.45. The van der Waals surface area contributed by atoms with Crippen LogP contribution in [-0.4, -0.2) is 9.91 Å². The van der Waals surface area contributed by atoms with E-state index in [0.717, 1.165) is 9.91 Å². The van der Waals surface area contributed by atoms with Crippen LogP contribution >= 0.6 is 27.7 Å². The van der Waals surface area contributed by atoms with E-state index in [1.165, 1.54) is 32.1 Å². The van der Waals surface area contributed by atoms with Crippen LogP contribution in [0.1, 0.15) is 32.1 Å². The van der Waals surface area contributed by atoms with Crippen LogP contribution in [0.25, 0.3) is 0 Å². The van der Waals surface area contributed by atoms with E-state index in [4.69, 9.17) is 0 Å². The van der Waals surface area contributed by atoms with Crippen molar-refractivity contribution in [2.45, 2.75) is 37.4 Å². The van der Waals surface area contributed by atoms with Gasteiger partial charge in [-0.1, -0.05) is 35.2 Å². The summed E-state index contributed by atoms with van der Waals surface area (Å²) in [5.74, 6) is 0. The van der Waals surface area contributed by atoms with Crippen molar-refractivity contribution < 1.29 is 0 Å². The van der Waals surface area contributed by atoms with E-state index in [1.807, 2.05) is 0 Å². The second-order valence-electron chi connectivity index (χ2n) is 2.54. The summed E-state index contributed by atoms with van der Waals surface area (Å²) in [6.45, 7) is 0. The Morgan fingerprint density at radius 2 is 1.89 bits per heavy atom. The minimum absolute atomic E-state index is 0.970. The molecule has 1 saturated carbocycles. The highest BCUT2D eigenvalue weighted by atomic mass is 79.9. The maximum Gasteiger partial charge on any atom is 0.0493 e. The average molecular weight is 209 g/mol. The fourth-order valence-corrected chi connectivity index (χ4v) is 3.29. The molecule has 1 aliphatic rings. The van der Waals surface area contributed by atoms with Gasteiger partial charge in [0.25, 0.3) is 0 Å². The van der Waals surface area contributed by atoms with Gasteiger partial charge in [-0.25, -0.2) is 0 Å². The third kappa shape index (κ3) is 2.94. The Morgan fingerprint density at radius 3 is 2.44 bits per heavy atom. The van der Waals surface area contributed by atoms with Crippen LogP contribution in [0.2, 0.25) is 0 Å². The van der Waals surface area contributed by atoms with Crippen molar-refractivity contribution in [2.75, 3.05) is 4.66 Å². The molecule has 1 fully saturated rings. The van der Waals surface area contributed by atoms with Crippen molar-refractivity contribution in [3.05, 3.63) is 0 Å². The number of alkyl halides is 1. The Hall–Kier alpha value is 0.830. The molecule has 0 unspecified atom stereocenters. The highest BCUT2D eigenvalue weighted by Gasteiger charge is 2.11. The molecule has 0 radical (unpaired) electrons. The molecular weight excluding hydrogens is 196 g/mol. The first-order valence-electron chi connectivity index (χ1n) is 3.61. The van der Waals surface area contributed by atoms with Crippen LogP contribution in [0.4, 0.5) is 0 Å². The van der Waals surface area contributed by atoms with E-state index in [9.17, 15) is 0 Å². The molecule has 0 heterocycles. The molecule has 54 valence electrons. The lowest BCUT2D eigenvalue weighted by Crippen LogP contribution is -2.07. The Balaban J connectivity index is 2.08. The summed E-state index contributed by atoms with van der Waals surface area (Å²) in [6, 6.07) is 0. The van der Waals surface area contributed by atoms with Crippen LogP contribution in [0.5, 0.6) is 0 Å². The maximum atomic E-state index is 3.45. The molecule has 0 nitrogen and oxygen atoms in total. The van der Waals surface area contributed by atoms with Gasteiger partial charge in [0.1, 0.15) is 0 Å². The Kier molecular flexibility index (Phi) is 4.07.